The van der Waals surface area contributed by atoms with E-state index in [1.807, 2.05) is 46.0 Å². The molecule has 0 atom stereocenters. The number of rotatable bonds is 4. The van der Waals surface area contributed by atoms with Crippen LogP contribution in [0, 0.1) is 0 Å². The molecule has 0 aliphatic rings. The lowest BCUT2D eigenvalue weighted by Gasteiger charge is -2.03. The Morgan fingerprint density at radius 2 is 1.88 bits per heavy atom. The van der Waals surface area contributed by atoms with Crippen molar-refractivity contribution in [1.29, 1.82) is 0 Å². The number of pyridine rings is 1. The van der Waals surface area contributed by atoms with E-state index in [9.17, 15) is 0 Å². The standard InChI is InChI=1S/C13H17NO.C2H6/c1-3-5-11(4-2)6-12-7-13(10-15)9-14-8-12;1-2/h3-5,7-9,15H,6,10H2,1-2H3;1-2H3/b5-3-,11-4+;. The Kier molecular flexibility index (Phi) is 8.98. The fourth-order valence-electron chi connectivity index (χ4n) is 1.43. The van der Waals surface area contributed by atoms with Crippen LogP contribution in [0.4, 0.5) is 0 Å². The number of nitrogens with zero attached hydrogens (tertiary/aromatic N) is 1. The summed E-state index contributed by atoms with van der Waals surface area (Å²) in [4.78, 5) is 4.09. The average Bonchev–Trinajstić information content (AvgIpc) is 2.40. The molecule has 0 aromatic carbocycles. The van der Waals surface area contributed by atoms with E-state index in [2.05, 4.69) is 17.1 Å². The summed E-state index contributed by atoms with van der Waals surface area (Å²) in [5.74, 6) is 0. The molecule has 0 aliphatic carbocycles. The summed E-state index contributed by atoms with van der Waals surface area (Å²) in [7, 11) is 0. The second kappa shape index (κ2) is 9.79. The van der Waals surface area contributed by atoms with Gasteiger partial charge in [-0.25, -0.2) is 0 Å². The first-order chi connectivity index (χ1) is 8.30. The molecule has 0 fully saturated rings. The minimum Gasteiger partial charge on any atom is -0.392 e. The van der Waals surface area contributed by atoms with Crippen molar-refractivity contribution in [2.75, 3.05) is 0 Å². The number of aliphatic hydroxyl groups is 1. The quantitative estimate of drug-likeness (QED) is 0.805. The molecule has 0 radical (unpaired) electrons. The summed E-state index contributed by atoms with van der Waals surface area (Å²) in [5, 5.41) is 8.99. The van der Waals surface area contributed by atoms with Crippen LogP contribution in [0.15, 0.2) is 42.3 Å². The van der Waals surface area contributed by atoms with E-state index in [-0.39, 0.29) is 6.61 Å². The lowest BCUT2D eigenvalue weighted by molar-refractivity contribution is 0.281. The van der Waals surface area contributed by atoms with Gasteiger partial charge >= 0.3 is 0 Å². The molecule has 0 amide bonds. The van der Waals surface area contributed by atoms with Crippen LogP contribution in [0.25, 0.3) is 0 Å². The zero-order chi connectivity index (χ0) is 13.1. The van der Waals surface area contributed by atoms with Crippen LogP contribution in [-0.4, -0.2) is 10.1 Å². The van der Waals surface area contributed by atoms with Crippen molar-refractivity contribution in [3.05, 3.63) is 53.4 Å². The highest BCUT2D eigenvalue weighted by atomic mass is 16.3. The van der Waals surface area contributed by atoms with Crippen LogP contribution in [0.5, 0.6) is 0 Å². The summed E-state index contributed by atoms with van der Waals surface area (Å²) >= 11 is 0. The minimum atomic E-state index is 0.0512. The minimum absolute atomic E-state index is 0.0512. The lowest BCUT2D eigenvalue weighted by Crippen LogP contribution is -1.92. The highest BCUT2D eigenvalue weighted by Crippen LogP contribution is 2.10. The maximum Gasteiger partial charge on any atom is 0.0696 e. The first-order valence-electron chi connectivity index (χ1n) is 6.11. The number of hydrogen-bond donors (Lipinski definition) is 1. The van der Waals surface area contributed by atoms with Gasteiger partial charge in [0.25, 0.3) is 0 Å². The second-order valence-corrected chi connectivity index (χ2v) is 3.40. The average molecular weight is 233 g/mol. The van der Waals surface area contributed by atoms with Crippen molar-refractivity contribution in [2.45, 2.75) is 40.7 Å². The molecule has 0 spiro atoms. The van der Waals surface area contributed by atoms with Crippen LogP contribution in [0.1, 0.15) is 38.8 Å². The zero-order valence-corrected chi connectivity index (χ0v) is 11.3. The molecule has 1 rings (SSSR count). The van der Waals surface area contributed by atoms with Crippen LogP contribution >= 0.6 is 0 Å². The van der Waals surface area contributed by atoms with Gasteiger partial charge in [-0.1, -0.05) is 38.1 Å². The third-order valence-corrected chi connectivity index (χ3v) is 2.19. The first-order valence-corrected chi connectivity index (χ1v) is 6.11. The van der Waals surface area contributed by atoms with E-state index in [0.717, 1.165) is 17.5 Å². The van der Waals surface area contributed by atoms with Gasteiger partial charge in [-0.15, -0.1) is 0 Å². The Bertz CT molecular complexity index is 367. The van der Waals surface area contributed by atoms with Crippen molar-refractivity contribution >= 4 is 0 Å². The van der Waals surface area contributed by atoms with Gasteiger partial charge in [-0.3, -0.25) is 4.98 Å². The van der Waals surface area contributed by atoms with Gasteiger partial charge in [-0.2, -0.15) is 0 Å². The highest BCUT2D eigenvalue weighted by molar-refractivity contribution is 5.28. The highest BCUT2D eigenvalue weighted by Gasteiger charge is 1.98. The summed E-state index contributed by atoms with van der Waals surface area (Å²) in [5.41, 5.74) is 3.26. The van der Waals surface area contributed by atoms with Crippen LogP contribution in [-0.2, 0) is 13.0 Å². The van der Waals surface area contributed by atoms with Gasteiger partial charge in [0.15, 0.2) is 0 Å². The Labute approximate surface area is 105 Å². The van der Waals surface area contributed by atoms with E-state index in [0.29, 0.717) is 0 Å². The number of allylic oxidation sites excluding steroid dienone is 4. The van der Waals surface area contributed by atoms with Gasteiger partial charge in [-0.05, 0) is 37.0 Å². The summed E-state index contributed by atoms with van der Waals surface area (Å²) in [6.45, 7) is 8.08. The Hall–Kier alpha value is -1.41. The molecule has 2 heteroatoms. The Balaban J connectivity index is 0.00000121. The zero-order valence-electron chi connectivity index (χ0n) is 11.3. The number of hydrogen-bond acceptors (Lipinski definition) is 2. The van der Waals surface area contributed by atoms with Crippen molar-refractivity contribution in [2.24, 2.45) is 0 Å². The van der Waals surface area contributed by atoms with Gasteiger partial charge in [0.2, 0.25) is 0 Å². The predicted octanol–water partition coefficient (Wildman–Crippen LogP) is 3.67. The summed E-state index contributed by atoms with van der Waals surface area (Å²) in [6, 6.07) is 1.99. The van der Waals surface area contributed by atoms with Crippen molar-refractivity contribution in [3.63, 3.8) is 0 Å². The molecular weight excluding hydrogens is 210 g/mol. The maximum atomic E-state index is 8.99. The molecule has 1 N–H and O–H groups in total. The number of aromatic nitrogens is 1. The second-order valence-electron chi connectivity index (χ2n) is 3.40. The lowest BCUT2D eigenvalue weighted by atomic mass is 10.1. The molecule has 2 nitrogen and oxygen atoms in total. The Morgan fingerprint density at radius 3 is 2.41 bits per heavy atom. The van der Waals surface area contributed by atoms with E-state index >= 15 is 0 Å². The molecule has 1 heterocycles. The molecular formula is C15H23NO. The predicted molar refractivity (Wildman–Crippen MR) is 73.8 cm³/mol. The molecule has 17 heavy (non-hydrogen) atoms. The topological polar surface area (TPSA) is 33.1 Å². The fraction of sp³-hybridized carbons (Fsp3) is 0.400. The largest absolute Gasteiger partial charge is 0.392 e. The molecule has 94 valence electrons. The maximum absolute atomic E-state index is 8.99. The van der Waals surface area contributed by atoms with Gasteiger partial charge in [0.05, 0.1) is 6.61 Å². The van der Waals surface area contributed by atoms with Crippen LogP contribution in [0.3, 0.4) is 0 Å². The van der Waals surface area contributed by atoms with Crippen LogP contribution in [0.2, 0.25) is 0 Å². The summed E-state index contributed by atoms with van der Waals surface area (Å²) in [6.07, 6.45) is 10.6. The first kappa shape index (κ1) is 15.6. The molecule has 0 unspecified atom stereocenters. The Morgan fingerprint density at radius 1 is 1.24 bits per heavy atom. The third kappa shape index (κ3) is 6.03. The molecule has 0 saturated carbocycles. The van der Waals surface area contributed by atoms with E-state index in [1.165, 1.54) is 5.57 Å². The van der Waals surface area contributed by atoms with Gasteiger partial charge in [0, 0.05) is 12.4 Å². The molecule has 0 bridgehead atoms. The molecule has 1 aromatic heterocycles. The van der Waals surface area contributed by atoms with Crippen LogP contribution < -0.4 is 0 Å². The van der Waals surface area contributed by atoms with Crippen molar-refractivity contribution < 1.29 is 5.11 Å². The number of aliphatic hydroxyl groups excluding tert-OH is 1. The van der Waals surface area contributed by atoms with Crippen molar-refractivity contribution in [1.82, 2.24) is 4.98 Å². The van der Waals surface area contributed by atoms with Gasteiger partial charge in [0.1, 0.15) is 0 Å². The van der Waals surface area contributed by atoms with E-state index in [4.69, 9.17) is 5.11 Å². The van der Waals surface area contributed by atoms with Gasteiger partial charge < -0.3 is 5.11 Å². The monoisotopic (exact) mass is 233 g/mol. The molecule has 0 saturated heterocycles. The smallest absolute Gasteiger partial charge is 0.0696 e. The van der Waals surface area contributed by atoms with Crippen molar-refractivity contribution in [3.8, 4) is 0 Å². The molecule has 0 aliphatic heterocycles. The molecule has 1 aromatic rings. The SMILES string of the molecule is C/C=C\C(=C/C)Cc1cncc(CO)c1.CC. The van der Waals surface area contributed by atoms with E-state index < -0.39 is 0 Å². The van der Waals surface area contributed by atoms with E-state index in [1.54, 1.807) is 6.20 Å². The normalized spacial score (nSPS) is 11.2. The summed E-state index contributed by atoms with van der Waals surface area (Å²) < 4.78 is 0. The third-order valence-electron chi connectivity index (χ3n) is 2.19. The fourth-order valence-corrected chi connectivity index (χ4v) is 1.43.